The molecule has 0 spiro atoms. The molecule has 0 fully saturated rings. The van der Waals surface area contributed by atoms with Gasteiger partial charge in [-0.1, -0.05) is 29.7 Å². The largest absolute Gasteiger partial charge is 0.382 e. The lowest BCUT2D eigenvalue weighted by Crippen LogP contribution is -2.29. The minimum absolute atomic E-state index is 0.00476. The standard InChI is InChI=1S/C21H25ClN4O3/c1-5-6-15(27)12-23-20(28)16-10-14(7-8-17(16)22)18-11-21(3,29-25-18)19-9-13(2)24-26(19)4/h7-10H,5-6,11-12H2,1-4H3,(H,23,28). The zero-order chi connectivity index (χ0) is 21.2. The Kier molecular flexibility index (Phi) is 6.07. The predicted molar refractivity (Wildman–Crippen MR) is 111 cm³/mol. The van der Waals surface area contributed by atoms with Crippen molar-refractivity contribution in [3.05, 3.63) is 51.8 Å². The fourth-order valence-electron chi connectivity index (χ4n) is 3.46. The predicted octanol–water partition coefficient (Wildman–Crippen LogP) is 3.52. The molecule has 0 radical (unpaired) electrons. The van der Waals surface area contributed by atoms with Gasteiger partial charge in [0.25, 0.3) is 5.91 Å². The van der Waals surface area contributed by atoms with E-state index in [4.69, 9.17) is 16.4 Å². The number of nitrogens with zero attached hydrogens (tertiary/aromatic N) is 3. The zero-order valence-corrected chi connectivity index (χ0v) is 17.8. The van der Waals surface area contributed by atoms with E-state index in [1.165, 1.54) is 0 Å². The summed E-state index contributed by atoms with van der Waals surface area (Å²) in [6, 6.07) is 7.13. The SMILES string of the molecule is CCCC(=O)CNC(=O)c1cc(C2=NOC(C)(c3cc(C)nn3C)C2)ccc1Cl. The van der Waals surface area contributed by atoms with Crippen molar-refractivity contribution >= 4 is 29.0 Å². The van der Waals surface area contributed by atoms with Crippen molar-refractivity contribution in [2.45, 2.75) is 45.6 Å². The number of carbonyl (C=O) groups is 2. The number of carbonyl (C=O) groups excluding carboxylic acids is 2. The molecule has 0 saturated heterocycles. The summed E-state index contributed by atoms with van der Waals surface area (Å²) in [5.74, 6) is -0.394. The maximum Gasteiger partial charge on any atom is 0.253 e. The van der Waals surface area contributed by atoms with Gasteiger partial charge in [-0.2, -0.15) is 5.10 Å². The Hall–Kier alpha value is -2.67. The van der Waals surface area contributed by atoms with Gasteiger partial charge < -0.3 is 10.2 Å². The van der Waals surface area contributed by atoms with Crippen LogP contribution in [0.15, 0.2) is 29.4 Å². The van der Waals surface area contributed by atoms with Crippen molar-refractivity contribution in [2.24, 2.45) is 12.2 Å². The molecule has 1 unspecified atom stereocenters. The summed E-state index contributed by atoms with van der Waals surface area (Å²) in [5, 5.41) is 11.6. The highest BCUT2D eigenvalue weighted by atomic mass is 35.5. The molecule has 7 nitrogen and oxygen atoms in total. The maximum atomic E-state index is 12.5. The van der Waals surface area contributed by atoms with Gasteiger partial charge in [0.2, 0.25) is 0 Å². The Balaban J connectivity index is 1.77. The molecule has 0 saturated carbocycles. The van der Waals surface area contributed by atoms with E-state index in [1.807, 2.05) is 40.0 Å². The van der Waals surface area contributed by atoms with Crippen LogP contribution in [0, 0.1) is 6.92 Å². The minimum Gasteiger partial charge on any atom is -0.382 e. The van der Waals surface area contributed by atoms with Gasteiger partial charge >= 0.3 is 0 Å². The lowest BCUT2D eigenvalue weighted by Gasteiger charge is -2.21. The van der Waals surface area contributed by atoms with Gasteiger partial charge in [0.05, 0.1) is 34.2 Å². The fourth-order valence-corrected chi connectivity index (χ4v) is 3.66. The Morgan fingerprint density at radius 2 is 2.10 bits per heavy atom. The molecular formula is C21H25ClN4O3. The van der Waals surface area contributed by atoms with Crippen LogP contribution in [0.3, 0.4) is 0 Å². The van der Waals surface area contributed by atoms with E-state index in [0.717, 1.165) is 29.1 Å². The quantitative estimate of drug-likeness (QED) is 0.748. The topological polar surface area (TPSA) is 85.6 Å². The average Bonchev–Trinajstić information content (AvgIpc) is 3.23. The van der Waals surface area contributed by atoms with E-state index in [1.54, 1.807) is 16.8 Å². The number of aromatic nitrogens is 2. The summed E-state index contributed by atoms with van der Waals surface area (Å²) >= 11 is 6.22. The number of rotatable bonds is 7. The van der Waals surface area contributed by atoms with Crippen LogP contribution in [-0.2, 0) is 22.3 Å². The molecule has 8 heteroatoms. The first-order valence-electron chi connectivity index (χ1n) is 9.59. The third-order valence-electron chi connectivity index (χ3n) is 4.93. The summed E-state index contributed by atoms with van der Waals surface area (Å²) in [4.78, 5) is 30.0. The maximum absolute atomic E-state index is 12.5. The monoisotopic (exact) mass is 416 g/mol. The third kappa shape index (κ3) is 4.50. The van der Waals surface area contributed by atoms with Crippen molar-refractivity contribution < 1.29 is 14.4 Å². The average molecular weight is 417 g/mol. The van der Waals surface area contributed by atoms with Crippen LogP contribution < -0.4 is 5.32 Å². The summed E-state index contributed by atoms with van der Waals surface area (Å²) in [6.07, 6.45) is 1.72. The second-order valence-electron chi connectivity index (χ2n) is 7.50. The van der Waals surface area contributed by atoms with Crippen molar-refractivity contribution in [1.82, 2.24) is 15.1 Å². The van der Waals surface area contributed by atoms with Gasteiger partial charge in [-0.3, -0.25) is 14.3 Å². The molecule has 0 bridgehead atoms. The molecule has 2 aromatic rings. The first-order valence-corrected chi connectivity index (χ1v) is 9.97. The molecule has 1 aliphatic rings. The number of aryl methyl sites for hydroxylation is 2. The lowest BCUT2D eigenvalue weighted by atomic mass is 9.92. The van der Waals surface area contributed by atoms with Crippen LogP contribution in [0.2, 0.25) is 5.02 Å². The van der Waals surface area contributed by atoms with E-state index < -0.39 is 5.60 Å². The van der Waals surface area contributed by atoms with Crippen LogP contribution in [0.25, 0.3) is 0 Å². The molecule has 1 N–H and O–H groups in total. The van der Waals surface area contributed by atoms with Crippen molar-refractivity contribution in [3.63, 3.8) is 0 Å². The molecule has 1 atom stereocenters. The second-order valence-corrected chi connectivity index (χ2v) is 7.90. The third-order valence-corrected chi connectivity index (χ3v) is 5.25. The molecule has 1 aliphatic heterocycles. The number of nitrogens with one attached hydrogen (secondary N) is 1. The highest BCUT2D eigenvalue weighted by Crippen LogP contribution is 2.36. The van der Waals surface area contributed by atoms with Crippen molar-refractivity contribution in [2.75, 3.05) is 6.54 Å². The van der Waals surface area contributed by atoms with Crippen LogP contribution in [-0.4, -0.2) is 33.7 Å². The highest BCUT2D eigenvalue weighted by molar-refractivity contribution is 6.34. The van der Waals surface area contributed by atoms with E-state index in [-0.39, 0.29) is 18.2 Å². The summed E-state index contributed by atoms with van der Waals surface area (Å²) in [6.45, 7) is 5.81. The first kappa shape index (κ1) is 21.0. The van der Waals surface area contributed by atoms with Crippen LogP contribution in [0.4, 0.5) is 0 Å². The number of Topliss-reactive ketones (excluding diaryl/α,β-unsaturated/α-hetero) is 1. The van der Waals surface area contributed by atoms with Crippen LogP contribution in [0.5, 0.6) is 0 Å². The number of ketones is 1. The second kappa shape index (κ2) is 8.37. The highest BCUT2D eigenvalue weighted by Gasteiger charge is 2.39. The molecule has 154 valence electrons. The van der Waals surface area contributed by atoms with Crippen LogP contribution in [0.1, 0.15) is 60.4 Å². The fraction of sp³-hybridized carbons (Fsp3) is 0.429. The molecular weight excluding hydrogens is 392 g/mol. The first-order chi connectivity index (χ1) is 13.7. The van der Waals surface area contributed by atoms with E-state index in [0.29, 0.717) is 23.4 Å². The van der Waals surface area contributed by atoms with Gasteiger partial charge in [-0.15, -0.1) is 0 Å². The number of halogens is 1. The van der Waals surface area contributed by atoms with E-state index in [9.17, 15) is 9.59 Å². The van der Waals surface area contributed by atoms with Gasteiger partial charge in [-0.25, -0.2) is 0 Å². The lowest BCUT2D eigenvalue weighted by molar-refractivity contribution is -0.118. The molecule has 29 heavy (non-hydrogen) atoms. The molecule has 1 aromatic carbocycles. The van der Waals surface area contributed by atoms with Gasteiger partial charge in [0, 0.05) is 25.5 Å². The van der Waals surface area contributed by atoms with Crippen molar-refractivity contribution in [1.29, 1.82) is 0 Å². The zero-order valence-electron chi connectivity index (χ0n) is 17.1. The number of benzene rings is 1. The summed E-state index contributed by atoms with van der Waals surface area (Å²) < 4.78 is 1.79. The minimum atomic E-state index is -0.639. The van der Waals surface area contributed by atoms with E-state index in [2.05, 4.69) is 15.6 Å². The Morgan fingerprint density at radius 1 is 1.34 bits per heavy atom. The summed E-state index contributed by atoms with van der Waals surface area (Å²) in [5.41, 5.74) is 2.97. The number of hydrogen-bond donors (Lipinski definition) is 1. The Bertz CT molecular complexity index is 982. The number of amides is 1. The molecule has 2 heterocycles. The van der Waals surface area contributed by atoms with Crippen LogP contribution >= 0.6 is 11.6 Å². The Labute approximate surface area is 175 Å². The number of oxime groups is 1. The Morgan fingerprint density at radius 3 is 2.76 bits per heavy atom. The normalized spacial score (nSPS) is 18.3. The molecule has 1 amide bonds. The summed E-state index contributed by atoms with van der Waals surface area (Å²) in [7, 11) is 1.87. The number of hydrogen-bond acceptors (Lipinski definition) is 5. The smallest absolute Gasteiger partial charge is 0.253 e. The van der Waals surface area contributed by atoms with Gasteiger partial charge in [0.1, 0.15) is 0 Å². The van der Waals surface area contributed by atoms with Crippen molar-refractivity contribution in [3.8, 4) is 0 Å². The van der Waals surface area contributed by atoms with Gasteiger partial charge in [0.15, 0.2) is 11.4 Å². The molecule has 3 rings (SSSR count). The van der Waals surface area contributed by atoms with Gasteiger partial charge in [-0.05, 0) is 38.5 Å². The molecule has 0 aliphatic carbocycles. The molecule has 1 aromatic heterocycles. The van der Waals surface area contributed by atoms with E-state index >= 15 is 0 Å².